The molecule has 0 radical (unpaired) electrons. The average molecular weight is 337 g/mol. The summed E-state index contributed by atoms with van der Waals surface area (Å²) in [6, 6.07) is 7.21. The molecular formula is C17H18F3N3O. The zero-order valence-electron chi connectivity index (χ0n) is 13.3. The molecule has 1 aromatic heterocycles. The molecule has 1 saturated carbocycles. The van der Waals surface area contributed by atoms with E-state index in [1.54, 1.807) is 31.4 Å². The minimum atomic E-state index is -2.63. The third kappa shape index (κ3) is 3.44. The van der Waals surface area contributed by atoms with Crippen LogP contribution in [0.4, 0.5) is 13.2 Å². The maximum atomic E-state index is 13.3. The quantitative estimate of drug-likeness (QED) is 0.857. The van der Waals surface area contributed by atoms with Crippen molar-refractivity contribution < 1.29 is 18.0 Å². The molecule has 0 atom stereocenters. The van der Waals surface area contributed by atoms with Gasteiger partial charge in [0.25, 0.3) is 5.91 Å². The number of hydrogen-bond donors (Lipinski definition) is 0. The first-order chi connectivity index (χ1) is 11.4. The van der Waals surface area contributed by atoms with Crippen molar-refractivity contribution in [3.8, 4) is 5.69 Å². The summed E-state index contributed by atoms with van der Waals surface area (Å²) < 4.78 is 41.2. The predicted octanol–water partition coefficient (Wildman–Crippen LogP) is 3.66. The van der Waals surface area contributed by atoms with E-state index in [0.29, 0.717) is 5.69 Å². The predicted molar refractivity (Wildman–Crippen MR) is 82.8 cm³/mol. The molecule has 0 unspecified atom stereocenters. The largest absolute Gasteiger partial charge is 0.337 e. The Bertz CT molecular complexity index is 734. The number of halogens is 3. The first-order valence-corrected chi connectivity index (χ1v) is 7.82. The summed E-state index contributed by atoms with van der Waals surface area (Å²) in [4.78, 5) is 14.0. The van der Waals surface area contributed by atoms with Gasteiger partial charge in [0, 0.05) is 32.1 Å². The van der Waals surface area contributed by atoms with Crippen LogP contribution in [0.2, 0.25) is 0 Å². The monoisotopic (exact) mass is 337 g/mol. The van der Waals surface area contributed by atoms with Crippen molar-refractivity contribution in [1.82, 2.24) is 14.7 Å². The molecule has 0 aliphatic heterocycles. The number of amides is 1. The van der Waals surface area contributed by atoms with Crippen LogP contribution in [-0.4, -0.2) is 39.6 Å². The fraction of sp³-hybridized carbons (Fsp3) is 0.412. The van der Waals surface area contributed by atoms with Crippen molar-refractivity contribution in [1.29, 1.82) is 0 Å². The molecule has 1 aliphatic carbocycles. The van der Waals surface area contributed by atoms with Crippen LogP contribution < -0.4 is 0 Å². The Hall–Kier alpha value is -2.31. The molecule has 7 heteroatoms. The third-order valence-electron chi connectivity index (χ3n) is 4.44. The van der Waals surface area contributed by atoms with Gasteiger partial charge in [0.2, 0.25) is 5.92 Å². The SMILES string of the molecule is CN(C(=O)c1ccn(-c2cccc(F)c2)n1)C1CCC(F)(F)CC1. The number of alkyl halides is 2. The summed E-state index contributed by atoms with van der Waals surface area (Å²) in [5.74, 6) is -3.34. The first kappa shape index (κ1) is 16.5. The van der Waals surface area contributed by atoms with Crippen molar-refractivity contribution >= 4 is 5.91 Å². The van der Waals surface area contributed by atoms with Gasteiger partial charge in [0.15, 0.2) is 5.69 Å². The van der Waals surface area contributed by atoms with E-state index in [0.717, 1.165) is 0 Å². The Morgan fingerprint density at radius 1 is 1.29 bits per heavy atom. The Morgan fingerprint density at radius 2 is 2.00 bits per heavy atom. The first-order valence-electron chi connectivity index (χ1n) is 7.82. The molecule has 0 bridgehead atoms. The minimum Gasteiger partial charge on any atom is -0.337 e. The van der Waals surface area contributed by atoms with Crippen LogP contribution >= 0.6 is 0 Å². The lowest BCUT2D eigenvalue weighted by Gasteiger charge is -2.34. The van der Waals surface area contributed by atoms with Crippen molar-refractivity contribution in [2.45, 2.75) is 37.6 Å². The van der Waals surface area contributed by atoms with Crippen LogP contribution in [0.15, 0.2) is 36.5 Å². The van der Waals surface area contributed by atoms with Crippen LogP contribution in [-0.2, 0) is 0 Å². The molecule has 24 heavy (non-hydrogen) atoms. The van der Waals surface area contributed by atoms with Gasteiger partial charge in [-0.05, 0) is 37.1 Å². The second kappa shape index (κ2) is 6.30. The van der Waals surface area contributed by atoms with Gasteiger partial charge in [-0.3, -0.25) is 4.79 Å². The normalized spacial score (nSPS) is 17.7. The summed E-state index contributed by atoms with van der Waals surface area (Å²) in [5.41, 5.74) is 0.716. The van der Waals surface area contributed by atoms with Crippen LogP contribution in [0.3, 0.4) is 0 Å². The number of benzene rings is 1. The smallest absolute Gasteiger partial charge is 0.274 e. The van der Waals surface area contributed by atoms with Crippen LogP contribution in [0.5, 0.6) is 0 Å². The second-order valence-electron chi connectivity index (χ2n) is 6.13. The highest BCUT2D eigenvalue weighted by molar-refractivity contribution is 5.92. The highest BCUT2D eigenvalue weighted by atomic mass is 19.3. The molecule has 1 fully saturated rings. The summed E-state index contributed by atoms with van der Waals surface area (Å²) in [7, 11) is 1.61. The summed E-state index contributed by atoms with van der Waals surface area (Å²) >= 11 is 0. The van der Waals surface area contributed by atoms with Crippen LogP contribution in [0, 0.1) is 5.82 Å². The fourth-order valence-electron chi connectivity index (χ4n) is 2.96. The lowest BCUT2D eigenvalue weighted by atomic mass is 9.91. The van der Waals surface area contributed by atoms with Crippen molar-refractivity contribution in [3.05, 3.63) is 48.0 Å². The van der Waals surface area contributed by atoms with Crippen molar-refractivity contribution in [2.75, 3.05) is 7.05 Å². The second-order valence-corrected chi connectivity index (χ2v) is 6.13. The highest BCUT2D eigenvalue weighted by Gasteiger charge is 2.37. The van der Waals surface area contributed by atoms with Gasteiger partial charge >= 0.3 is 0 Å². The maximum Gasteiger partial charge on any atom is 0.274 e. The Balaban J connectivity index is 1.72. The van der Waals surface area contributed by atoms with E-state index < -0.39 is 11.7 Å². The minimum absolute atomic E-state index is 0.201. The number of hydrogen-bond acceptors (Lipinski definition) is 2. The van der Waals surface area contributed by atoms with Crippen molar-refractivity contribution in [3.63, 3.8) is 0 Å². The number of carbonyl (C=O) groups excluding carboxylic acids is 1. The van der Waals surface area contributed by atoms with E-state index in [2.05, 4.69) is 5.10 Å². The van der Waals surface area contributed by atoms with Gasteiger partial charge in [-0.1, -0.05) is 6.07 Å². The molecule has 128 valence electrons. The number of carbonyl (C=O) groups is 1. The van der Waals surface area contributed by atoms with Gasteiger partial charge in [-0.2, -0.15) is 5.10 Å². The van der Waals surface area contributed by atoms with Gasteiger partial charge in [-0.15, -0.1) is 0 Å². The van der Waals surface area contributed by atoms with Gasteiger partial charge in [0.05, 0.1) is 5.69 Å². The zero-order valence-corrected chi connectivity index (χ0v) is 13.3. The molecule has 4 nitrogen and oxygen atoms in total. The molecule has 1 heterocycles. The van der Waals surface area contributed by atoms with E-state index in [9.17, 15) is 18.0 Å². The Kier molecular flexibility index (Phi) is 4.34. The zero-order chi connectivity index (χ0) is 17.3. The molecule has 0 spiro atoms. The Labute approximate surface area is 137 Å². The van der Waals surface area contributed by atoms with Crippen molar-refractivity contribution in [2.24, 2.45) is 0 Å². The Morgan fingerprint density at radius 3 is 2.67 bits per heavy atom. The summed E-state index contributed by atoms with van der Waals surface area (Å²) in [5, 5.41) is 4.18. The number of rotatable bonds is 3. The summed E-state index contributed by atoms with van der Waals surface area (Å²) in [6.45, 7) is 0. The van der Waals surface area contributed by atoms with E-state index in [1.807, 2.05) is 0 Å². The summed E-state index contributed by atoms with van der Waals surface area (Å²) in [6.07, 6.45) is 1.73. The molecule has 0 saturated heterocycles. The number of nitrogens with zero attached hydrogens (tertiary/aromatic N) is 3. The van der Waals surface area contributed by atoms with E-state index >= 15 is 0 Å². The topological polar surface area (TPSA) is 38.1 Å². The number of aromatic nitrogens is 2. The van der Waals surface area contributed by atoms with E-state index in [-0.39, 0.29) is 43.3 Å². The maximum absolute atomic E-state index is 13.3. The molecule has 0 N–H and O–H groups in total. The average Bonchev–Trinajstić information content (AvgIpc) is 3.03. The highest BCUT2D eigenvalue weighted by Crippen LogP contribution is 2.35. The van der Waals surface area contributed by atoms with Gasteiger partial charge in [0.1, 0.15) is 5.82 Å². The third-order valence-corrected chi connectivity index (χ3v) is 4.44. The molecule has 2 aromatic rings. The molecular weight excluding hydrogens is 319 g/mol. The van der Waals surface area contributed by atoms with Gasteiger partial charge in [-0.25, -0.2) is 17.9 Å². The van der Waals surface area contributed by atoms with Crippen LogP contribution in [0.1, 0.15) is 36.2 Å². The lowest BCUT2D eigenvalue weighted by molar-refractivity contribution is -0.0491. The lowest BCUT2D eigenvalue weighted by Crippen LogP contribution is -2.41. The van der Waals surface area contributed by atoms with Crippen LogP contribution in [0.25, 0.3) is 5.69 Å². The van der Waals surface area contributed by atoms with E-state index in [1.165, 1.54) is 21.7 Å². The molecule has 1 aliphatic rings. The van der Waals surface area contributed by atoms with Gasteiger partial charge < -0.3 is 4.90 Å². The molecule has 3 rings (SSSR count). The fourth-order valence-corrected chi connectivity index (χ4v) is 2.96. The standard InChI is InChI=1S/C17H18F3N3O/c1-22(13-5-8-17(19,20)9-6-13)16(24)15-7-10-23(21-15)14-4-2-3-12(18)11-14/h2-4,7,10-11,13H,5-6,8-9H2,1H3. The van der Waals surface area contributed by atoms with E-state index in [4.69, 9.17) is 0 Å². The molecule has 1 aromatic carbocycles. The molecule has 1 amide bonds.